The molecule has 2 heterocycles. The summed E-state index contributed by atoms with van der Waals surface area (Å²) in [6.07, 6.45) is 0. The van der Waals surface area contributed by atoms with Gasteiger partial charge in [0.2, 0.25) is 0 Å². The first kappa shape index (κ1) is 10.3. The van der Waals surface area contributed by atoms with E-state index in [1.807, 2.05) is 18.2 Å². The highest BCUT2D eigenvalue weighted by Gasteiger charge is 2.23. The van der Waals surface area contributed by atoms with E-state index in [2.05, 4.69) is 27.3 Å². The lowest BCUT2D eigenvalue weighted by Gasteiger charge is -2.22. The van der Waals surface area contributed by atoms with Gasteiger partial charge in [-0.1, -0.05) is 12.1 Å². The number of morpholine rings is 1. The zero-order valence-electron chi connectivity index (χ0n) is 8.70. The van der Waals surface area contributed by atoms with Gasteiger partial charge in [-0.25, -0.2) is 0 Å². The standard InChI is InChI=1S/C12H12BrNO2/c13-11-8-3-1-2-4-10(8)16-12(11)9-7-15-6-5-14-9/h1-4,9,14H,5-7H2. The molecule has 0 aliphatic carbocycles. The molecule has 1 aliphatic heterocycles. The molecule has 1 aromatic heterocycles. The Morgan fingerprint density at radius 2 is 2.19 bits per heavy atom. The molecule has 2 aromatic rings. The Labute approximate surface area is 102 Å². The van der Waals surface area contributed by atoms with E-state index in [1.54, 1.807) is 0 Å². The maximum absolute atomic E-state index is 5.85. The molecular weight excluding hydrogens is 270 g/mol. The molecule has 16 heavy (non-hydrogen) atoms. The summed E-state index contributed by atoms with van der Waals surface area (Å²) in [5.41, 5.74) is 0.914. The van der Waals surface area contributed by atoms with E-state index in [4.69, 9.17) is 9.15 Å². The summed E-state index contributed by atoms with van der Waals surface area (Å²) >= 11 is 3.60. The van der Waals surface area contributed by atoms with Crippen LogP contribution in [-0.2, 0) is 4.74 Å². The molecule has 1 atom stereocenters. The lowest BCUT2D eigenvalue weighted by molar-refractivity contribution is 0.0702. The third-order valence-corrected chi connectivity index (χ3v) is 3.62. The zero-order chi connectivity index (χ0) is 11.0. The summed E-state index contributed by atoms with van der Waals surface area (Å²) in [5, 5.41) is 4.50. The molecule has 0 bridgehead atoms. The number of halogens is 1. The predicted molar refractivity (Wildman–Crippen MR) is 65.5 cm³/mol. The van der Waals surface area contributed by atoms with E-state index in [0.717, 1.165) is 34.4 Å². The second-order valence-electron chi connectivity index (χ2n) is 3.86. The van der Waals surface area contributed by atoms with Crippen LogP contribution in [0.5, 0.6) is 0 Å². The molecule has 1 fully saturated rings. The number of benzene rings is 1. The average Bonchev–Trinajstić information content (AvgIpc) is 2.69. The lowest BCUT2D eigenvalue weighted by Crippen LogP contribution is -2.34. The highest BCUT2D eigenvalue weighted by atomic mass is 79.9. The van der Waals surface area contributed by atoms with Gasteiger partial charge in [-0.05, 0) is 28.1 Å². The first-order valence-corrected chi connectivity index (χ1v) is 6.13. The molecule has 0 radical (unpaired) electrons. The molecule has 3 nitrogen and oxygen atoms in total. The van der Waals surface area contributed by atoms with Crippen LogP contribution in [0.1, 0.15) is 11.8 Å². The minimum Gasteiger partial charge on any atom is -0.458 e. The fraction of sp³-hybridized carbons (Fsp3) is 0.333. The van der Waals surface area contributed by atoms with Crippen molar-refractivity contribution in [2.45, 2.75) is 6.04 Å². The Balaban J connectivity index is 2.05. The number of hydrogen-bond donors (Lipinski definition) is 1. The second kappa shape index (κ2) is 4.20. The van der Waals surface area contributed by atoms with Crippen molar-refractivity contribution in [3.8, 4) is 0 Å². The number of hydrogen-bond acceptors (Lipinski definition) is 3. The van der Waals surface area contributed by atoms with E-state index in [9.17, 15) is 0 Å². The van der Waals surface area contributed by atoms with Gasteiger partial charge in [0.15, 0.2) is 0 Å². The molecule has 0 amide bonds. The van der Waals surface area contributed by atoms with Crippen LogP contribution in [0.2, 0.25) is 0 Å². The largest absolute Gasteiger partial charge is 0.458 e. The van der Waals surface area contributed by atoms with Gasteiger partial charge < -0.3 is 14.5 Å². The van der Waals surface area contributed by atoms with Crippen molar-refractivity contribution in [1.82, 2.24) is 5.32 Å². The number of para-hydroxylation sites is 1. The van der Waals surface area contributed by atoms with E-state index in [-0.39, 0.29) is 6.04 Å². The Bertz CT molecular complexity index is 503. The fourth-order valence-corrected chi connectivity index (χ4v) is 2.68. The molecule has 84 valence electrons. The van der Waals surface area contributed by atoms with Gasteiger partial charge in [0.1, 0.15) is 11.3 Å². The van der Waals surface area contributed by atoms with Crippen molar-refractivity contribution in [2.75, 3.05) is 19.8 Å². The molecule has 4 heteroatoms. The maximum atomic E-state index is 5.85. The molecule has 3 rings (SSSR count). The molecule has 0 spiro atoms. The van der Waals surface area contributed by atoms with Crippen molar-refractivity contribution >= 4 is 26.9 Å². The van der Waals surface area contributed by atoms with Crippen molar-refractivity contribution in [1.29, 1.82) is 0 Å². The van der Waals surface area contributed by atoms with Gasteiger partial charge >= 0.3 is 0 Å². The highest BCUT2D eigenvalue weighted by Crippen LogP contribution is 2.34. The van der Waals surface area contributed by atoms with E-state index < -0.39 is 0 Å². The maximum Gasteiger partial charge on any atom is 0.138 e. The summed E-state index contributed by atoms with van der Waals surface area (Å²) in [5.74, 6) is 0.931. The van der Waals surface area contributed by atoms with E-state index in [1.165, 1.54) is 0 Å². The number of ether oxygens (including phenoxy) is 1. The summed E-state index contributed by atoms with van der Waals surface area (Å²) in [6, 6.07) is 8.17. The average molecular weight is 282 g/mol. The first-order valence-electron chi connectivity index (χ1n) is 5.34. The Kier molecular flexibility index (Phi) is 2.71. The number of rotatable bonds is 1. The van der Waals surface area contributed by atoms with Gasteiger partial charge in [0.25, 0.3) is 0 Å². The van der Waals surface area contributed by atoms with Crippen molar-refractivity contribution in [2.24, 2.45) is 0 Å². The topological polar surface area (TPSA) is 34.4 Å². The molecule has 1 N–H and O–H groups in total. The third kappa shape index (κ3) is 1.67. The van der Waals surface area contributed by atoms with Crippen LogP contribution in [0.25, 0.3) is 11.0 Å². The predicted octanol–water partition coefficient (Wildman–Crippen LogP) is 2.86. The Hall–Kier alpha value is -0.840. The zero-order valence-corrected chi connectivity index (χ0v) is 10.3. The lowest BCUT2D eigenvalue weighted by atomic mass is 10.2. The van der Waals surface area contributed by atoms with Crippen molar-refractivity contribution in [3.05, 3.63) is 34.5 Å². The third-order valence-electron chi connectivity index (χ3n) is 2.80. The van der Waals surface area contributed by atoms with Gasteiger partial charge in [-0.3, -0.25) is 0 Å². The molecule has 1 aliphatic rings. The summed E-state index contributed by atoms with van der Waals surface area (Å²) < 4.78 is 12.3. The highest BCUT2D eigenvalue weighted by molar-refractivity contribution is 9.10. The van der Waals surface area contributed by atoms with Gasteiger partial charge in [-0.2, -0.15) is 0 Å². The quantitative estimate of drug-likeness (QED) is 0.873. The SMILES string of the molecule is Brc1c(C2COCCN2)oc2ccccc12. The van der Waals surface area contributed by atoms with Crippen LogP contribution in [0.15, 0.2) is 33.2 Å². The molecule has 1 saturated heterocycles. The molecular formula is C12H12BrNO2. The molecule has 0 saturated carbocycles. The van der Waals surface area contributed by atoms with Crippen LogP contribution < -0.4 is 5.32 Å². The summed E-state index contributed by atoms with van der Waals surface area (Å²) in [6.45, 7) is 2.31. The minimum atomic E-state index is 0.149. The summed E-state index contributed by atoms with van der Waals surface area (Å²) in [4.78, 5) is 0. The van der Waals surface area contributed by atoms with Crippen LogP contribution in [-0.4, -0.2) is 19.8 Å². The summed E-state index contributed by atoms with van der Waals surface area (Å²) in [7, 11) is 0. The van der Waals surface area contributed by atoms with Gasteiger partial charge in [0, 0.05) is 11.9 Å². The van der Waals surface area contributed by atoms with Crippen LogP contribution in [0, 0.1) is 0 Å². The fourth-order valence-electron chi connectivity index (χ4n) is 1.99. The Morgan fingerprint density at radius 3 is 2.94 bits per heavy atom. The van der Waals surface area contributed by atoms with E-state index in [0.29, 0.717) is 6.61 Å². The normalized spacial score (nSPS) is 21.4. The molecule has 1 aromatic carbocycles. The minimum absolute atomic E-state index is 0.149. The number of furan rings is 1. The van der Waals surface area contributed by atoms with Crippen LogP contribution >= 0.6 is 15.9 Å². The first-order chi connectivity index (χ1) is 7.86. The van der Waals surface area contributed by atoms with Gasteiger partial charge in [-0.15, -0.1) is 0 Å². The van der Waals surface area contributed by atoms with Crippen LogP contribution in [0.3, 0.4) is 0 Å². The Morgan fingerprint density at radius 1 is 1.31 bits per heavy atom. The number of nitrogens with one attached hydrogen (secondary N) is 1. The molecule has 1 unspecified atom stereocenters. The van der Waals surface area contributed by atoms with Gasteiger partial charge in [0.05, 0.1) is 23.7 Å². The van der Waals surface area contributed by atoms with Crippen molar-refractivity contribution < 1.29 is 9.15 Å². The smallest absolute Gasteiger partial charge is 0.138 e. The van der Waals surface area contributed by atoms with E-state index >= 15 is 0 Å². The van der Waals surface area contributed by atoms with Crippen molar-refractivity contribution in [3.63, 3.8) is 0 Å². The monoisotopic (exact) mass is 281 g/mol. The second-order valence-corrected chi connectivity index (χ2v) is 4.65. The number of fused-ring (bicyclic) bond motifs is 1. The van der Waals surface area contributed by atoms with Crippen LogP contribution in [0.4, 0.5) is 0 Å².